The molecule has 0 unspecified atom stereocenters. The summed E-state index contributed by atoms with van der Waals surface area (Å²) in [6, 6.07) is 2.19. The monoisotopic (exact) mass is 699 g/mol. The van der Waals surface area contributed by atoms with Crippen LogP contribution in [0.2, 0.25) is 0 Å². The lowest BCUT2D eigenvalue weighted by atomic mass is 10.1. The smallest absolute Gasteiger partial charge is 0.321 e. The van der Waals surface area contributed by atoms with E-state index >= 15 is 0 Å². The topological polar surface area (TPSA) is 174 Å². The molecule has 282 valence electrons. The molecule has 2 aromatic heterocycles. The highest BCUT2D eigenvalue weighted by molar-refractivity contribution is 5.87. The Bertz CT molecular complexity index is 1210. The Labute approximate surface area is 299 Å². The number of urea groups is 2. The molecule has 0 atom stereocenters. The van der Waals surface area contributed by atoms with E-state index in [0.29, 0.717) is 24.5 Å². The van der Waals surface area contributed by atoms with Gasteiger partial charge in [-0.25, -0.2) is 19.6 Å². The molecule has 2 rings (SSSR count). The first-order valence-corrected chi connectivity index (χ1v) is 19.7. The standard InChI is InChI=1S/C38H66N8O4/c1-3-5-7-9-11-13-15-17-21-25-31-29-33(47)43-35(41-31)45-37(49)39-27-23-19-20-24-28-40-38(50)46-36-42-32(30-34(48)44-36)26-22-18-16-14-12-10-8-6-4-2/h29-30H,3-28H2,1-2H3,(H3,39,41,43,45,47,49)(H3,40,42,44,46,48,50). The number of carbonyl (C=O) groups is 2. The molecular formula is C38H66N8O4. The molecular weight excluding hydrogens is 632 g/mol. The average Bonchev–Trinajstić information content (AvgIpc) is 3.07. The van der Waals surface area contributed by atoms with Gasteiger partial charge in [-0.1, -0.05) is 129 Å². The average molecular weight is 699 g/mol. The summed E-state index contributed by atoms with van der Waals surface area (Å²) in [5, 5.41) is 10.9. The van der Waals surface area contributed by atoms with Gasteiger partial charge in [0.05, 0.1) is 0 Å². The highest BCUT2D eigenvalue weighted by atomic mass is 16.2. The molecule has 2 heterocycles. The number of hydrogen-bond acceptors (Lipinski definition) is 6. The lowest BCUT2D eigenvalue weighted by Crippen LogP contribution is -2.31. The Morgan fingerprint density at radius 2 is 0.820 bits per heavy atom. The first-order chi connectivity index (χ1) is 24.4. The van der Waals surface area contributed by atoms with Gasteiger partial charge >= 0.3 is 12.1 Å². The molecule has 50 heavy (non-hydrogen) atoms. The molecule has 0 saturated heterocycles. The number of H-pyrrole nitrogens is 2. The fraction of sp³-hybridized carbons (Fsp3) is 0.737. The predicted molar refractivity (Wildman–Crippen MR) is 204 cm³/mol. The Kier molecular flexibility index (Phi) is 23.8. The molecule has 12 heteroatoms. The van der Waals surface area contributed by atoms with E-state index < -0.39 is 12.1 Å². The minimum atomic E-state index is -0.407. The van der Waals surface area contributed by atoms with Gasteiger partial charge in [-0.05, 0) is 38.5 Å². The van der Waals surface area contributed by atoms with E-state index in [1.54, 1.807) is 0 Å². The Morgan fingerprint density at radius 1 is 0.500 bits per heavy atom. The molecule has 0 radical (unpaired) electrons. The Hall–Kier alpha value is -3.70. The Balaban J connectivity index is 1.52. The lowest BCUT2D eigenvalue weighted by molar-refractivity contribution is 0.250. The first-order valence-electron chi connectivity index (χ1n) is 19.7. The molecule has 0 aromatic carbocycles. The van der Waals surface area contributed by atoms with Crippen LogP contribution in [-0.4, -0.2) is 45.1 Å². The summed E-state index contributed by atoms with van der Waals surface area (Å²) in [5.41, 5.74) is 0.838. The molecule has 0 bridgehead atoms. The van der Waals surface area contributed by atoms with Crippen LogP contribution in [0.4, 0.5) is 21.5 Å². The second kappa shape index (κ2) is 28.0. The highest BCUT2D eigenvalue weighted by Gasteiger charge is 2.08. The van der Waals surface area contributed by atoms with Crippen LogP contribution in [0.15, 0.2) is 21.7 Å². The molecule has 4 amide bonds. The number of hydrogen-bond donors (Lipinski definition) is 6. The minimum absolute atomic E-state index is 0.162. The third kappa shape index (κ3) is 22.1. The SMILES string of the molecule is CCCCCCCCCCCc1cc(=O)[nH]c(NC(=O)NCCCCCCNC(=O)Nc2nc(CCCCCCCCCCC)cc(=O)[nH]2)n1. The van der Waals surface area contributed by atoms with E-state index in [1.807, 2.05) is 0 Å². The summed E-state index contributed by atoms with van der Waals surface area (Å²) < 4.78 is 0. The fourth-order valence-electron chi connectivity index (χ4n) is 5.93. The number of anilines is 2. The zero-order valence-corrected chi connectivity index (χ0v) is 31.1. The molecule has 0 saturated carbocycles. The number of aromatic amines is 2. The van der Waals surface area contributed by atoms with Crippen LogP contribution in [-0.2, 0) is 12.8 Å². The van der Waals surface area contributed by atoms with Gasteiger partial charge in [0.15, 0.2) is 0 Å². The van der Waals surface area contributed by atoms with Gasteiger partial charge in [0.25, 0.3) is 11.1 Å². The van der Waals surface area contributed by atoms with Gasteiger partial charge in [-0.15, -0.1) is 0 Å². The molecule has 6 N–H and O–H groups in total. The van der Waals surface area contributed by atoms with Crippen molar-refractivity contribution in [1.29, 1.82) is 0 Å². The number of aryl methyl sites for hydroxylation is 2. The van der Waals surface area contributed by atoms with E-state index in [-0.39, 0.29) is 23.0 Å². The van der Waals surface area contributed by atoms with E-state index in [0.717, 1.165) is 64.2 Å². The van der Waals surface area contributed by atoms with Crippen molar-refractivity contribution in [3.8, 4) is 0 Å². The third-order valence-corrected chi connectivity index (χ3v) is 8.80. The van der Waals surface area contributed by atoms with Crippen LogP contribution in [0.5, 0.6) is 0 Å². The summed E-state index contributed by atoms with van der Waals surface area (Å²) in [4.78, 5) is 62.8. The van der Waals surface area contributed by atoms with Crippen LogP contribution in [0.25, 0.3) is 0 Å². The minimum Gasteiger partial charge on any atom is -0.338 e. The van der Waals surface area contributed by atoms with Crippen LogP contribution in [0.1, 0.15) is 166 Å². The largest absolute Gasteiger partial charge is 0.338 e. The molecule has 0 aliphatic heterocycles. The molecule has 0 fully saturated rings. The number of unbranched alkanes of at least 4 members (excludes halogenated alkanes) is 19. The van der Waals surface area contributed by atoms with Crippen molar-refractivity contribution in [2.75, 3.05) is 23.7 Å². The third-order valence-electron chi connectivity index (χ3n) is 8.80. The van der Waals surface area contributed by atoms with E-state index in [4.69, 9.17) is 0 Å². The van der Waals surface area contributed by atoms with Crippen LogP contribution >= 0.6 is 0 Å². The lowest BCUT2D eigenvalue weighted by Gasteiger charge is -2.09. The maximum Gasteiger partial charge on any atom is 0.321 e. The van der Waals surface area contributed by atoms with E-state index in [2.05, 4.69) is 55.1 Å². The summed E-state index contributed by atoms with van der Waals surface area (Å²) in [6.07, 6.45) is 26.9. The van der Waals surface area contributed by atoms with Crippen molar-refractivity contribution in [3.05, 3.63) is 44.2 Å². The van der Waals surface area contributed by atoms with Crippen LogP contribution in [0.3, 0.4) is 0 Å². The second-order valence-electron chi connectivity index (χ2n) is 13.5. The van der Waals surface area contributed by atoms with Crippen molar-refractivity contribution in [2.45, 2.75) is 168 Å². The van der Waals surface area contributed by atoms with Gasteiger partial charge in [0, 0.05) is 36.6 Å². The van der Waals surface area contributed by atoms with Gasteiger partial charge in [0.2, 0.25) is 11.9 Å². The highest BCUT2D eigenvalue weighted by Crippen LogP contribution is 2.13. The van der Waals surface area contributed by atoms with E-state index in [1.165, 1.54) is 102 Å². The normalized spacial score (nSPS) is 11.0. The van der Waals surface area contributed by atoms with Gasteiger partial charge in [-0.3, -0.25) is 30.2 Å². The number of carbonyl (C=O) groups excluding carboxylic acids is 2. The first kappa shape index (κ1) is 42.5. The zero-order chi connectivity index (χ0) is 36.1. The maximum atomic E-state index is 12.3. The Morgan fingerprint density at radius 3 is 1.18 bits per heavy atom. The fourth-order valence-corrected chi connectivity index (χ4v) is 5.93. The number of nitrogens with zero attached hydrogens (tertiary/aromatic N) is 2. The van der Waals surface area contributed by atoms with E-state index in [9.17, 15) is 19.2 Å². The summed E-state index contributed by atoms with van der Waals surface area (Å²) in [5.74, 6) is 0.324. The quantitative estimate of drug-likeness (QED) is 0.0465. The van der Waals surface area contributed by atoms with Crippen molar-refractivity contribution in [2.24, 2.45) is 0 Å². The van der Waals surface area contributed by atoms with Gasteiger partial charge in [-0.2, -0.15) is 0 Å². The molecule has 0 aliphatic carbocycles. The van der Waals surface area contributed by atoms with Crippen molar-refractivity contribution < 1.29 is 9.59 Å². The van der Waals surface area contributed by atoms with Gasteiger partial charge in [0.1, 0.15) is 0 Å². The molecule has 0 aliphatic rings. The number of nitrogens with one attached hydrogen (secondary N) is 6. The summed E-state index contributed by atoms with van der Waals surface area (Å²) >= 11 is 0. The number of aromatic nitrogens is 4. The predicted octanol–water partition coefficient (Wildman–Crippen LogP) is 8.50. The van der Waals surface area contributed by atoms with Crippen molar-refractivity contribution >= 4 is 24.0 Å². The summed E-state index contributed by atoms with van der Waals surface area (Å²) in [7, 11) is 0. The van der Waals surface area contributed by atoms with Crippen molar-refractivity contribution in [1.82, 2.24) is 30.6 Å². The molecule has 12 nitrogen and oxygen atoms in total. The maximum absolute atomic E-state index is 12.3. The molecule has 2 aromatic rings. The number of rotatable bonds is 29. The number of amides is 4. The van der Waals surface area contributed by atoms with Crippen LogP contribution < -0.4 is 32.4 Å². The van der Waals surface area contributed by atoms with Crippen LogP contribution in [0, 0.1) is 0 Å². The van der Waals surface area contributed by atoms with Crippen molar-refractivity contribution in [3.63, 3.8) is 0 Å². The summed E-state index contributed by atoms with van der Waals surface area (Å²) in [6.45, 7) is 5.43. The van der Waals surface area contributed by atoms with Gasteiger partial charge < -0.3 is 10.6 Å². The second-order valence-corrected chi connectivity index (χ2v) is 13.5. The molecule has 0 spiro atoms. The zero-order valence-electron chi connectivity index (χ0n) is 31.1.